The first-order valence-corrected chi connectivity index (χ1v) is 7.43. The number of hydrogen-bond donors (Lipinski definition) is 0. The van der Waals surface area contributed by atoms with Crippen LogP contribution >= 0.6 is 0 Å². The molecule has 0 bridgehead atoms. The van der Waals surface area contributed by atoms with Crippen molar-refractivity contribution in [3.8, 4) is 0 Å². The molecule has 3 rings (SSSR count). The molecule has 2 heterocycles. The molecule has 1 aromatic carbocycles. The second-order valence-electron chi connectivity index (χ2n) is 5.91. The molecule has 1 unspecified atom stereocenters. The monoisotopic (exact) mass is 288 g/mol. The van der Waals surface area contributed by atoms with E-state index in [1.54, 1.807) is 12.1 Å². The number of nitro benzene ring substituents is 1. The highest BCUT2D eigenvalue weighted by atomic mass is 16.6. The SMILES string of the molecule is CC[C@H]1O[C@@H](n2ccc3cc([N+](=O)[O-])ccc32)[C@@H](C)C1C. The number of non-ortho nitro benzene ring substituents is 1. The van der Waals surface area contributed by atoms with Gasteiger partial charge in [0.05, 0.1) is 16.5 Å². The van der Waals surface area contributed by atoms with Gasteiger partial charge in [-0.05, 0) is 24.5 Å². The summed E-state index contributed by atoms with van der Waals surface area (Å²) in [5, 5.41) is 11.7. The van der Waals surface area contributed by atoms with Gasteiger partial charge in [0, 0.05) is 29.6 Å². The van der Waals surface area contributed by atoms with E-state index in [-0.39, 0.29) is 22.9 Å². The van der Waals surface area contributed by atoms with Crippen LogP contribution < -0.4 is 0 Å². The third kappa shape index (κ3) is 2.21. The summed E-state index contributed by atoms with van der Waals surface area (Å²) in [6.45, 7) is 6.59. The molecule has 112 valence electrons. The van der Waals surface area contributed by atoms with E-state index in [4.69, 9.17) is 4.74 Å². The molecule has 1 aromatic heterocycles. The van der Waals surface area contributed by atoms with Gasteiger partial charge in [-0.3, -0.25) is 10.1 Å². The average molecular weight is 288 g/mol. The lowest BCUT2D eigenvalue weighted by molar-refractivity contribution is -0.384. The number of hydrogen-bond acceptors (Lipinski definition) is 3. The quantitative estimate of drug-likeness (QED) is 0.630. The summed E-state index contributed by atoms with van der Waals surface area (Å²) in [7, 11) is 0. The smallest absolute Gasteiger partial charge is 0.270 e. The van der Waals surface area contributed by atoms with E-state index >= 15 is 0 Å². The number of nitrogens with zero attached hydrogens (tertiary/aromatic N) is 2. The molecule has 0 aliphatic carbocycles. The topological polar surface area (TPSA) is 57.3 Å². The molecule has 1 aliphatic heterocycles. The molecule has 1 aliphatic rings. The van der Waals surface area contributed by atoms with Gasteiger partial charge < -0.3 is 9.30 Å². The van der Waals surface area contributed by atoms with E-state index in [0.29, 0.717) is 11.8 Å². The summed E-state index contributed by atoms with van der Waals surface area (Å²) in [6.07, 6.45) is 3.26. The van der Waals surface area contributed by atoms with Gasteiger partial charge in [-0.25, -0.2) is 0 Å². The number of ether oxygens (including phenoxy) is 1. The van der Waals surface area contributed by atoms with Crippen molar-refractivity contribution in [3.63, 3.8) is 0 Å². The van der Waals surface area contributed by atoms with Crippen molar-refractivity contribution in [2.75, 3.05) is 0 Å². The van der Waals surface area contributed by atoms with Crippen molar-refractivity contribution >= 4 is 16.6 Å². The molecule has 0 spiro atoms. The van der Waals surface area contributed by atoms with Crippen LogP contribution in [-0.2, 0) is 4.74 Å². The Morgan fingerprint density at radius 2 is 2.05 bits per heavy atom. The lowest BCUT2D eigenvalue weighted by Gasteiger charge is -2.19. The predicted molar refractivity (Wildman–Crippen MR) is 81.1 cm³/mol. The van der Waals surface area contributed by atoms with Crippen molar-refractivity contribution in [2.45, 2.75) is 39.5 Å². The first-order chi connectivity index (χ1) is 10.0. The van der Waals surface area contributed by atoms with Crippen LogP contribution in [0.25, 0.3) is 10.9 Å². The lowest BCUT2D eigenvalue weighted by Crippen LogP contribution is -2.15. The van der Waals surface area contributed by atoms with Crippen LogP contribution in [0.1, 0.15) is 33.4 Å². The van der Waals surface area contributed by atoms with Crippen LogP contribution in [0.15, 0.2) is 30.5 Å². The van der Waals surface area contributed by atoms with E-state index in [1.165, 1.54) is 0 Å². The van der Waals surface area contributed by atoms with Crippen LogP contribution in [0.4, 0.5) is 5.69 Å². The molecule has 4 atom stereocenters. The van der Waals surface area contributed by atoms with Gasteiger partial charge >= 0.3 is 0 Å². The zero-order valence-electron chi connectivity index (χ0n) is 12.5. The van der Waals surface area contributed by atoms with E-state index in [2.05, 4.69) is 25.3 Å². The van der Waals surface area contributed by atoms with E-state index in [0.717, 1.165) is 17.3 Å². The number of rotatable bonds is 3. The van der Waals surface area contributed by atoms with Crippen molar-refractivity contribution in [1.29, 1.82) is 0 Å². The summed E-state index contributed by atoms with van der Waals surface area (Å²) >= 11 is 0. The zero-order chi connectivity index (χ0) is 15.1. The van der Waals surface area contributed by atoms with E-state index in [1.807, 2.05) is 18.3 Å². The van der Waals surface area contributed by atoms with Gasteiger partial charge in [0.2, 0.25) is 0 Å². The maximum absolute atomic E-state index is 10.9. The first-order valence-electron chi connectivity index (χ1n) is 7.43. The molecule has 1 fully saturated rings. The molecule has 2 aromatic rings. The van der Waals surface area contributed by atoms with Crippen LogP contribution in [0.2, 0.25) is 0 Å². The zero-order valence-corrected chi connectivity index (χ0v) is 12.5. The standard InChI is InChI=1S/C16H20N2O3/c1-4-15-10(2)11(3)16(21-15)17-8-7-12-9-13(18(19)20)5-6-14(12)17/h5-11,15-16H,4H2,1-3H3/t10?,11-,15+,16+/m0/s1. The highest BCUT2D eigenvalue weighted by molar-refractivity contribution is 5.82. The predicted octanol–water partition coefficient (Wildman–Crippen LogP) is 4.13. The van der Waals surface area contributed by atoms with Crippen LogP contribution in [-0.4, -0.2) is 15.6 Å². The number of benzene rings is 1. The molecular weight excluding hydrogens is 268 g/mol. The molecule has 0 N–H and O–H groups in total. The molecule has 5 heteroatoms. The van der Waals surface area contributed by atoms with Crippen molar-refractivity contribution in [1.82, 2.24) is 4.57 Å². The summed E-state index contributed by atoms with van der Waals surface area (Å²) < 4.78 is 8.30. The third-order valence-corrected chi connectivity index (χ3v) is 4.77. The average Bonchev–Trinajstić information content (AvgIpc) is 3.01. The van der Waals surface area contributed by atoms with Crippen LogP contribution in [0, 0.1) is 22.0 Å². The second-order valence-corrected chi connectivity index (χ2v) is 5.91. The van der Waals surface area contributed by atoms with Crippen molar-refractivity contribution in [2.24, 2.45) is 11.8 Å². The van der Waals surface area contributed by atoms with Gasteiger partial charge in [0.25, 0.3) is 5.69 Å². The largest absolute Gasteiger partial charge is 0.354 e. The molecule has 5 nitrogen and oxygen atoms in total. The normalized spacial score (nSPS) is 29.1. The van der Waals surface area contributed by atoms with Crippen LogP contribution in [0.3, 0.4) is 0 Å². The minimum absolute atomic E-state index is 0.00362. The number of nitro groups is 1. The fraction of sp³-hybridized carbons (Fsp3) is 0.500. The maximum atomic E-state index is 10.9. The molecule has 0 amide bonds. The van der Waals surface area contributed by atoms with Gasteiger partial charge in [-0.15, -0.1) is 0 Å². The molecular formula is C16H20N2O3. The summed E-state index contributed by atoms with van der Waals surface area (Å²) in [5.74, 6) is 0.927. The van der Waals surface area contributed by atoms with Gasteiger partial charge in [-0.1, -0.05) is 20.8 Å². The Hall–Kier alpha value is -1.88. The summed E-state index contributed by atoms with van der Waals surface area (Å²) in [6, 6.07) is 6.90. The first kappa shape index (κ1) is 14.1. The van der Waals surface area contributed by atoms with Crippen molar-refractivity contribution in [3.05, 3.63) is 40.6 Å². The Morgan fingerprint density at radius 3 is 2.67 bits per heavy atom. The molecule has 21 heavy (non-hydrogen) atoms. The minimum atomic E-state index is -0.360. The van der Waals surface area contributed by atoms with Crippen molar-refractivity contribution < 1.29 is 9.66 Å². The lowest BCUT2D eigenvalue weighted by atomic mass is 9.91. The molecule has 0 radical (unpaired) electrons. The number of aromatic nitrogens is 1. The molecule has 0 saturated carbocycles. The number of fused-ring (bicyclic) bond motifs is 1. The van der Waals surface area contributed by atoms with Gasteiger partial charge in [-0.2, -0.15) is 0 Å². The van der Waals surface area contributed by atoms with E-state index < -0.39 is 0 Å². The van der Waals surface area contributed by atoms with Crippen LogP contribution in [0.5, 0.6) is 0 Å². The Morgan fingerprint density at radius 1 is 1.29 bits per heavy atom. The Bertz CT molecular complexity index is 679. The Kier molecular flexibility index (Phi) is 3.45. The Labute approximate surface area is 123 Å². The molecule has 1 saturated heterocycles. The fourth-order valence-corrected chi connectivity index (χ4v) is 3.30. The summed E-state index contributed by atoms with van der Waals surface area (Å²) in [4.78, 5) is 10.5. The fourth-order valence-electron chi connectivity index (χ4n) is 3.30. The third-order valence-electron chi connectivity index (χ3n) is 4.77. The van der Waals surface area contributed by atoms with Gasteiger partial charge in [0.1, 0.15) is 6.23 Å². The van der Waals surface area contributed by atoms with Gasteiger partial charge in [0.15, 0.2) is 0 Å². The second kappa shape index (κ2) is 5.15. The summed E-state index contributed by atoms with van der Waals surface area (Å²) in [5.41, 5.74) is 1.11. The van der Waals surface area contributed by atoms with E-state index in [9.17, 15) is 10.1 Å². The maximum Gasteiger partial charge on any atom is 0.270 e. The Balaban J connectivity index is 2.00. The highest BCUT2D eigenvalue weighted by Gasteiger charge is 2.39. The highest BCUT2D eigenvalue weighted by Crippen LogP contribution is 2.41. The minimum Gasteiger partial charge on any atom is -0.354 e.